The fourth-order valence-corrected chi connectivity index (χ4v) is 5.76. The predicted octanol–water partition coefficient (Wildman–Crippen LogP) is 5.30. The Morgan fingerprint density at radius 3 is 2.67 bits per heavy atom. The number of ether oxygens (including phenoxy) is 2. The van der Waals surface area contributed by atoms with Crippen LogP contribution in [0.15, 0.2) is 42.5 Å². The number of nitrogens with zero attached hydrogens (tertiary/aromatic N) is 3. The number of fused-ring (bicyclic) bond motifs is 2. The standard InChI is InChI=1S/C27H31N3O3/c31-26-16-20(18-30(26)21-10-11-24-25(17-21)33-15-14-32-24)27-28-22-8-4-5-9-23(22)29(27)13-12-19-6-2-1-3-7-19/h4-5,8-11,17,19-20H,1-3,6-7,12-16,18H2. The average molecular weight is 446 g/mol. The fourth-order valence-electron chi connectivity index (χ4n) is 5.76. The maximum Gasteiger partial charge on any atom is 0.227 e. The third-order valence-corrected chi connectivity index (χ3v) is 7.50. The Kier molecular flexibility index (Phi) is 5.44. The second-order valence-corrected chi connectivity index (χ2v) is 9.64. The second kappa shape index (κ2) is 8.73. The van der Waals surface area contributed by atoms with Gasteiger partial charge in [0.1, 0.15) is 19.0 Å². The van der Waals surface area contributed by atoms with Gasteiger partial charge in [-0.25, -0.2) is 4.98 Å². The van der Waals surface area contributed by atoms with Gasteiger partial charge in [0, 0.05) is 37.2 Å². The monoisotopic (exact) mass is 445 g/mol. The molecule has 3 heterocycles. The van der Waals surface area contributed by atoms with E-state index in [9.17, 15) is 4.79 Å². The number of aryl methyl sites for hydroxylation is 1. The molecule has 3 aliphatic rings. The molecule has 0 radical (unpaired) electrons. The van der Waals surface area contributed by atoms with Gasteiger partial charge in [0.15, 0.2) is 11.5 Å². The minimum atomic E-state index is 0.0875. The molecule has 2 aromatic carbocycles. The summed E-state index contributed by atoms with van der Waals surface area (Å²) in [7, 11) is 0. The van der Waals surface area contributed by atoms with E-state index in [1.54, 1.807) is 0 Å². The van der Waals surface area contributed by atoms with Crippen LogP contribution in [-0.4, -0.2) is 35.2 Å². The smallest absolute Gasteiger partial charge is 0.227 e. The molecule has 6 rings (SSSR count). The summed E-state index contributed by atoms with van der Waals surface area (Å²) >= 11 is 0. The lowest BCUT2D eigenvalue weighted by Gasteiger charge is -2.23. The zero-order valence-electron chi connectivity index (χ0n) is 19.0. The zero-order chi connectivity index (χ0) is 22.2. The number of amides is 1. The first kappa shape index (κ1) is 20.6. The maximum atomic E-state index is 13.1. The molecule has 33 heavy (non-hydrogen) atoms. The van der Waals surface area contributed by atoms with Crippen molar-refractivity contribution in [3.63, 3.8) is 0 Å². The van der Waals surface area contributed by atoms with Gasteiger partial charge in [-0.3, -0.25) is 4.79 Å². The molecule has 172 valence electrons. The molecule has 1 aromatic heterocycles. The van der Waals surface area contributed by atoms with Gasteiger partial charge in [0.05, 0.1) is 11.0 Å². The summed E-state index contributed by atoms with van der Waals surface area (Å²) in [6, 6.07) is 14.2. The van der Waals surface area contributed by atoms with Gasteiger partial charge >= 0.3 is 0 Å². The summed E-state index contributed by atoms with van der Waals surface area (Å²) in [5.41, 5.74) is 3.09. The highest BCUT2D eigenvalue weighted by molar-refractivity contribution is 5.96. The van der Waals surface area contributed by atoms with Crippen molar-refractivity contribution in [2.45, 2.75) is 57.4 Å². The molecule has 0 N–H and O–H groups in total. The Balaban J connectivity index is 1.27. The Labute approximate surface area is 194 Å². The second-order valence-electron chi connectivity index (χ2n) is 9.64. The number of anilines is 1. The summed E-state index contributed by atoms with van der Waals surface area (Å²) in [6.07, 6.45) is 8.49. The average Bonchev–Trinajstić information content (AvgIpc) is 3.43. The molecule has 3 aromatic rings. The summed E-state index contributed by atoms with van der Waals surface area (Å²) in [6.45, 7) is 2.73. The highest BCUT2D eigenvalue weighted by Gasteiger charge is 2.35. The Bertz CT molecular complexity index is 1160. The number of carbonyl (C=O) groups is 1. The molecule has 1 unspecified atom stereocenters. The van der Waals surface area contributed by atoms with Crippen molar-refractivity contribution in [2.24, 2.45) is 5.92 Å². The number of benzene rings is 2. The van der Waals surface area contributed by atoms with Crippen LogP contribution < -0.4 is 14.4 Å². The highest BCUT2D eigenvalue weighted by Crippen LogP contribution is 2.38. The van der Waals surface area contributed by atoms with Crippen molar-refractivity contribution in [3.8, 4) is 11.5 Å². The van der Waals surface area contributed by atoms with E-state index in [2.05, 4.69) is 22.8 Å². The van der Waals surface area contributed by atoms with Crippen molar-refractivity contribution in [1.82, 2.24) is 9.55 Å². The number of para-hydroxylation sites is 2. The van der Waals surface area contributed by atoms with E-state index < -0.39 is 0 Å². The van der Waals surface area contributed by atoms with E-state index in [1.807, 2.05) is 29.2 Å². The number of aromatic nitrogens is 2. The van der Waals surface area contributed by atoms with Crippen molar-refractivity contribution in [3.05, 3.63) is 48.3 Å². The molecule has 0 spiro atoms. The molecule has 1 amide bonds. The van der Waals surface area contributed by atoms with Crippen molar-refractivity contribution in [1.29, 1.82) is 0 Å². The number of hydrogen-bond donors (Lipinski definition) is 0. The van der Waals surface area contributed by atoms with Crippen LogP contribution in [0, 0.1) is 5.92 Å². The molecule has 1 saturated heterocycles. The summed E-state index contributed by atoms with van der Waals surface area (Å²) in [4.78, 5) is 20.0. The van der Waals surface area contributed by atoms with E-state index in [-0.39, 0.29) is 11.8 Å². The first-order valence-corrected chi connectivity index (χ1v) is 12.4. The van der Waals surface area contributed by atoms with Crippen LogP contribution >= 0.6 is 0 Å². The topological polar surface area (TPSA) is 56.6 Å². The Hall–Kier alpha value is -3.02. The molecule has 6 nitrogen and oxygen atoms in total. The SMILES string of the molecule is O=C1CC(c2nc3ccccc3n2CCC2CCCCC2)CN1c1ccc2c(c1)OCCO2. The van der Waals surface area contributed by atoms with Crippen LogP contribution in [0.2, 0.25) is 0 Å². The van der Waals surface area contributed by atoms with Gasteiger partial charge in [-0.05, 0) is 36.6 Å². The third kappa shape index (κ3) is 3.96. The van der Waals surface area contributed by atoms with Gasteiger partial charge < -0.3 is 18.9 Å². The summed E-state index contributed by atoms with van der Waals surface area (Å²) in [5, 5.41) is 0. The Morgan fingerprint density at radius 1 is 0.970 bits per heavy atom. The first-order chi connectivity index (χ1) is 16.3. The molecular formula is C27H31N3O3. The van der Waals surface area contributed by atoms with Crippen LogP contribution in [0.5, 0.6) is 11.5 Å². The zero-order valence-corrected chi connectivity index (χ0v) is 19.0. The molecule has 1 aliphatic carbocycles. The first-order valence-electron chi connectivity index (χ1n) is 12.4. The van der Waals surface area contributed by atoms with Gasteiger partial charge in [0.25, 0.3) is 0 Å². The molecule has 6 heteroatoms. The fraction of sp³-hybridized carbons (Fsp3) is 0.481. The van der Waals surface area contributed by atoms with Crippen LogP contribution in [0.3, 0.4) is 0 Å². The molecule has 1 atom stereocenters. The van der Waals surface area contributed by atoms with E-state index in [4.69, 9.17) is 14.5 Å². The van der Waals surface area contributed by atoms with E-state index >= 15 is 0 Å². The normalized spacial score (nSPS) is 21.2. The van der Waals surface area contributed by atoms with E-state index in [0.717, 1.165) is 41.0 Å². The van der Waals surface area contributed by atoms with Gasteiger partial charge in [-0.2, -0.15) is 0 Å². The lowest BCUT2D eigenvalue weighted by atomic mass is 9.87. The molecular weight excluding hydrogens is 414 g/mol. The lowest BCUT2D eigenvalue weighted by Crippen LogP contribution is -2.25. The third-order valence-electron chi connectivity index (χ3n) is 7.50. The van der Waals surface area contributed by atoms with Gasteiger partial charge in [-0.15, -0.1) is 0 Å². The predicted molar refractivity (Wildman–Crippen MR) is 128 cm³/mol. The van der Waals surface area contributed by atoms with Crippen LogP contribution in [-0.2, 0) is 11.3 Å². The highest BCUT2D eigenvalue weighted by atomic mass is 16.6. The minimum Gasteiger partial charge on any atom is -0.486 e. The van der Waals surface area contributed by atoms with Gasteiger partial charge in [-0.1, -0.05) is 44.2 Å². The number of hydrogen-bond acceptors (Lipinski definition) is 4. The molecule has 2 fully saturated rings. The van der Waals surface area contributed by atoms with Crippen molar-refractivity contribution < 1.29 is 14.3 Å². The van der Waals surface area contributed by atoms with Crippen LogP contribution in [0.4, 0.5) is 5.69 Å². The Morgan fingerprint density at radius 2 is 1.79 bits per heavy atom. The number of rotatable bonds is 5. The van der Waals surface area contributed by atoms with E-state index in [0.29, 0.717) is 26.2 Å². The lowest BCUT2D eigenvalue weighted by molar-refractivity contribution is -0.117. The van der Waals surface area contributed by atoms with Crippen molar-refractivity contribution >= 4 is 22.6 Å². The van der Waals surface area contributed by atoms with Crippen LogP contribution in [0.1, 0.15) is 56.7 Å². The number of carbonyl (C=O) groups excluding carboxylic acids is 1. The molecule has 2 aliphatic heterocycles. The van der Waals surface area contributed by atoms with Crippen LogP contribution in [0.25, 0.3) is 11.0 Å². The largest absolute Gasteiger partial charge is 0.486 e. The summed E-state index contributed by atoms with van der Waals surface area (Å²) < 4.78 is 13.8. The molecule has 0 bridgehead atoms. The van der Waals surface area contributed by atoms with E-state index in [1.165, 1.54) is 44.0 Å². The quantitative estimate of drug-likeness (QED) is 0.535. The minimum absolute atomic E-state index is 0.0875. The van der Waals surface area contributed by atoms with Crippen molar-refractivity contribution in [2.75, 3.05) is 24.7 Å². The van der Waals surface area contributed by atoms with Gasteiger partial charge in [0.2, 0.25) is 5.91 Å². The maximum absolute atomic E-state index is 13.1. The summed E-state index contributed by atoms with van der Waals surface area (Å²) in [5.74, 6) is 3.56. The number of imidazole rings is 1. The molecule has 1 saturated carbocycles.